The molecule has 0 saturated heterocycles. The number of hydrogen-bond acceptors (Lipinski definition) is 2. The monoisotopic (exact) mass is 367 g/mol. The minimum absolute atomic E-state index is 0.230. The maximum absolute atomic E-state index is 13.1. The highest BCUT2D eigenvalue weighted by Crippen LogP contribution is 2.31. The Kier molecular flexibility index (Phi) is 5.07. The maximum Gasteiger partial charge on any atom is 0.420 e. The average Bonchev–Trinajstić information content (AvgIpc) is 2.73. The van der Waals surface area contributed by atoms with Crippen LogP contribution < -0.4 is 9.64 Å². The van der Waals surface area contributed by atoms with Gasteiger partial charge in [0.05, 0.1) is 11.7 Å². The van der Waals surface area contributed by atoms with Gasteiger partial charge < -0.3 is 4.74 Å². The third kappa shape index (κ3) is 3.89. The highest BCUT2D eigenvalue weighted by Gasteiger charge is 2.28. The maximum atomic E-state index is 13.1. The number of nitrogens with zero attached hydrogens (tertiary/aromatic N) is 1. The Bertz CT molecular complexity index is 1020. The minimum Gasteiger partial charge on any atom is -0.410 e. The molecule has 0 unspecified atom stereocenters. The van der Waals surface area contributed by atoms with Crippen LogP contribution in [-0.4, -0.2) is 12.1 Å². The normalized spacial score (nSPS) is 15.5. The van der Waals surface area contributed by atoms with Crippen LogP contribution in [0, 0.1) is 6.92 Å². The molecule has 0 fully saturated rings. The van der Waals surface area contributed by atoms with Crippen molar-refractivity contribution in [1.29, 1.82) is 0 Å². The van der Waals surface area contributed by atoms with E-state index in [1.165, 1.54) is 0 Å². The van der Waals surface area contributed by atoms with E-state index >= 15 is 0 Å². The Morgan fingerprint density at radius 2 is 1.68 bits per heavy atom. The lowest BCUT2D eigenvalue weighted by Crippen LogP contribution is -2.42. The summed E-state index contributed by atoms with van der Waals surface area (Å²) >= 11 is 0. The number of anilines is 1. The molecule has 138 valence electrons. The van der Waals surface area contributed by atoms with Crippen molar-refractivity contribution in [2.45, 2.75) is 13.0 Å². The highest BCUT2D eigenvalue weighted by molar-refractivity contribution is 5.95. The van der Waals surface area contributed by atoms with Crippen molar-refractivity contribution in [2.75, 3.05) is 4.90 Å². The van der Waals surface area contributed by atoms with E-state index in [4.69, 9.17) is 4.74 Å². The predicted octanol–water partition coefficient (Wildman–Crippen LogP) is 6.11. The quantitative estimate of drug-likeness (QED) is 0.559. The first-order valence-corrected chi connectivity index (χ1v) is 9.29. The van der Waals surface area contributed by atoms with Gasteiger partial charge in [0.1, 0.15) is 5.75 Å². The van der Waals surface area contributed by atoms with Crippen LogP contribution in [0.25, 0.3) is 12.2 Å². The number of carbonyl (C=O) groups excluding carboxylic acids is 1. The van der Waals surface area contributed by atoms with Gasteiger partial charge in [0.15, 0.2) is 0 Å². The molecule has 1 atom stereocenters. The lowest BCUT2D eigenvalue weighted by Gasteiger charge is -2.31. The lowest BCUT2D eigenvalue weighted by molar-refractivity contribution is 0.207. The van der Waals surface area contributed by atoms with Crippen LogP contribution in [0.2, 0.25) is 0 Å². The van der Waals surface area contributed by atoms with E-state index in [2.05, 4.69) is 12.1 Å². The highest BCUT2D eigenvalue weighted by atomic mass is 16.6. The fraction of sp³-hybridized carbons (Fsp3) is 0.0800. The van der Waals surface area contributed by atoms with Crippen LogP contribution in [0.5, 0.6) is 5.75 Å². The first-order valence-electron chi connectivity index (χ1n) is 9.29. The molecule has 3 nitrogen and oxygen atoms in total. The fourth-order valence-electron chi connectivity index (χ4n) is 3.26. The molecule has 3 aromatic rings. The first kappa shape index (κ1) is 17.8. The molecular formula is C25H21NO2. The van der Waals surface area contributed by atoms with E-state index in [0.717, 1.165) is 22.4 Å². The number of rotatable bonds is 3. The van der Waals surface area contributed by atoms with Crippen LogP contribution in [0.3, 0.4) is 0 Å². The topological polar surface area (TPSA) is 29.5 Å². The second kappa shape index (κ2) is 7.97. The van der Waals surface area contributed by atoms with E-state index in [1.807, 2.05) is 85.8 Å². The second-order valence-electron chi connectivity index (χ2n) is 6.73. The van der Waals surface area contributed by atoms with E-state index < -0.39 is 6.09 Å². The molecule has 0 aromatic heterocycles. The molecule has 3 aromatic carbocycles. The van der Waals surface area contributed by atoms with Crippen LogP contribution in [0.4, 0.5) is 10.5 Å². The number of carbonyl (C=O) groups is 1. The number of aryl methyl sites for hydroxylation is 1. The lowest BCUT2D eigenvalue weighted by atomic mass is 10.0. The largest absolute Gasteiger partial charge is 0.420 e. The number of fused-ring (bicyclic) bond motifs is 1. The number of amides is 1. The molecule has 4 rings (SSSR count). The van der Waals surface area contributed by atoms with Gasteiger partial charge in [-0.15, -0.1) is 0 Å². The summed E-state index contributed by atoms with van der Waals surface area (Å²) in [6.07, 6.45) is 7.73. The third-order valence-corrected chi connectivity index (χ3v) is 4.64. The summed E-state index contributed by atoms with van der Waals surface area (Å²) in [4.78, 5) is 14.8. The Hall–Kier alpha value is -3.59. The Morgan fingerprint density at radius 3 is 2.43 bits per heavy atom. The number of hydrogen-bond donors (Lipinski definition) is 0. The standard InChI is InChI=1S/C25H21NO2/c1-19-12-17-24-21(18-19)14-16-22(15-13-20-8-4-2-5-9-20)26(24)25(27)28-23-10-6-3-7-11-23/h2-18,22H,1H3/b15-13+/t22-/m1/s1. The van der Waals surface area contributed by atoms with Crippen LogP contribution in [-0.2, 0) is 0 Å². The van der Waals surface area contributed by atoms with Crippen molar-refractivity contribution in [3.05, 3.63) is 108 Å². The molecule has 0 saturated carbocycles. The third-order valence-electron chi connectivity index (χ3n) is 4.64. The molecule has 0 N–H and O–H groups in total. The van der Waals surface area contributed by atoms with Gasteiger partial charge in [0.25, 0.3) is 0 Å². The fourth-order valence-corrected chi connectivity index (χ4v) is 3.26. The SMILES string of the molecule is Cc1ccc2c(c1)C=C[C@@H](/C=C/c1ccccc1)N2C(=O)Oc1ccccc1. The van der Waals surface area contributed by atoms with Crippen molar-refractivity contribution in [2.24, 2.45) is 0 Å². The zero-order valence-electron chi connectivity index (χ0n) is 15.7. The summed E-state index contributed by atoms with van der Waals surface area (Å²) in [5.41, 5.74) is 4.09. The van der Waals surface area contributed by atoms with Gasteiger partial charge in [-0.2, -0.15) is 0 Å². The van der Waals surface area contributed by atoms with E-state index in [-0.39, 0.29) is 6.04 Å². The van der Waals surface area contributed by atoms with Gasteiger partial charge in [-0.3, -0.25) is 4.90 Å². The molecular weight excluding hydrogens is 346 g/mol. The zero-order valence-corrected chi connectivity index (χ0v) is 15.7. The van der Waals surface area contributed by atoms with Crippen molar-refractivity contribution in [1.82, 2.24) is 0 Å². The summed E-state index contributed by atoms with van der Waals surface area (Å²) in [6.45, 7) is 2.04. The summed E-state index contributed by atoms with van der Waals surface area (Å²) in [7, 11) is 0. The molecule has 1 aliphatic heterocycles. The summed E-state index contributed by atoms with van der Waals surface area (Å²) < 4.78 is 5.64. The minimum atomic E-state index is -0.400. The molecule has 0 bridgehead atoms. The second-order valence-corrected chi connectivity index (χ2v) is 6.73. The Morgan fingerprint density at radius 1 is 0.964 bits per heavy atom. The van der Waals surface area contributed by atoms with Crippen molar-refractivity contribution in [3.8, 4) is 5.75 Å². The van der Waals surface area contributed by atoms with E-state index in [9.17, 15) is 4.79 Å². The molecule has 1 amide bonds. The Labute approximate surface area is 165 Å². The molecule has 0 radical (unpaired) electrons. The smallest absolute Gasteiger partial charge is 0.410 e. The van der Waals surface area contributed by atoms with Crippen molar-refractivity contribution >= 4 is 23.9 Å². The van der Waals surface area contributed by atoms with Crippen molar-refractivity contribution in [3.63, 3.8) is 0 Å². The molecule has 3 heteroatoms. The van der Waals surface area contributed by atoms with Crippen molar-refractivity contribution < 1.29 is 9.53 Å². The number of benzene rings is 3. The Balaban J connectivity index is 1.67. The predicted molar refractivity (Wildman–Crippen MR) is 114 cm³/mol. The van der Waals surface area contributed by atoms with Crippen LogP contribution in [0.15, 0.2) is 91.0 Å². The van der Waals surface area contributed by atoms with Gasteiger partial charge in [0, 0.05) is 0 Å². The van der Waals surface area contributed by atoms with Gasteiger partial charge in [0.2, 0.25) is 0 Å². The summed E-state index contributed by atoms with van der Waals surface area (Å²) in [6, 6.07) is 25.0. The first-order chi connectivity index (χ1) is 13.7. The number of para-hydroxylation sites is 1. The summed E-state index contributed by atoms with van der Waals surface area (Å²) in [5, 5.41) is 0. The van der Waals surface area contributed by atoms with Crippen LogP contribution in [0.1, 0.15) is 16.7 Å². The van der Waals surface area contributed by atoms with Gasteiger partial charge in [-0.05, 0) is 42.3 Å². The zero-order chi connectivity index (χ0) is 19.3. The van der Waals surface area contributed by atoms with Crippen LogP contribution >= 0.6 is 0 Å². The van der Waals surface area contributed by atoms with Gasteiger partial charge >= 0.3 is 6.09 Å². The average molecular weight is 367 g/mol. The molecule has 28 heavy (non-hydrogen) atoms. The van der Waals surface area contributed by atoms with E-state index in [0.29, 0.717) is 5.75 Å². The number of ether oxygens (including phenoxy) is 1. The molecule has 1 heterocycles. The van der Waals surface area contributed by atoms with E-state index in [1.54, 1.807) is 17.0 Å². The van der Waals surface area contributed by atoms with Gasteiger partial charge in [-0.25, -0.2) is 4.79 Å². The molecule has 0 spiro atoms. The summed E-state index contributed by atoms with van der Waals surface area (Å²) in [5.74, 6) is 0.529. The molecule has 1 aliphatic rings. The molecule has 0 aliphatic carbocycles. The van der Waals surface area contributed by atoms with Gasteiger partial charge in [-0.1, -0.05) is 84.5 Å².